The van der Waals surface area contributed by atoms with Crippen molar-refractivity contribution in [3.05, 3.63) is 0 Å². The van der Waals surface area contributed by atoms with Crippen LogP contribution in [0.2, 0.25) is 0 Å². The number of nitrogens with one attached hydrogen (secondary N) is 1. The topological polar surface area (TPSA) is 50.7 Å². The summed E-state index contributed by atoms with van der Waals surface area (Å²) in [6.45, 7) is 2.83. The molecule has 0 aromatic heterocycles. The van der Waals surface area contributed by atoms with Crippen LogP contribution in [0.4, 0.5) is 0 Å². The van der Waals surface area contributed by atoms with Crippen molar-refractivity contribution in [3.8, 4) is 0 Å². The van der Waals surface area contributed by atoms with Crippen molar-refractivity contribution >= 4 is 0 Å². The number of aliphatic hydroxyl groups is 1. The summed E-state index contributed by atoms with van der Waals surface area (Å²) >= 11 is 0. The fraction of sp³-hybridized carbons (Fsp3) is 1.00. The van der Waals surface area contributed by atoms with Crippen LogP contribution in [0, 0.1) is 5.92 Å². The Labute approximate surface area is 109 Å². The van der Waals surface area contributed by atoms with Crippen LogP contribution >= 0.6 is 0 Å². The molecule has 3 atom stereocenters. The molecule has 2 N–H and O–H groups in total. The van der Waals surface area contributed by atoms with Gasteiger partial charge >= 0.3 is 0 Å². The third-order valence-electron chi connectivity index (χ3n) is 4.55. The van der Waals surface area contributed by atoms with Gasteiger partial charge in [0.15, 0.2) is 0 Å². The second-order valence-electron chi connectivity index (χ2n) is 6.28. The lowest BCUT2D eigenvalue weighted by molar-refractivity contribution is 0.0222. The number of ether oxygens (including phenoxy) is 2. The molecule has 3 unspecified atom stereocenters. The van der Waals surface area contributed by atoms with Gasteiger partial charge in [-0.15, -0.1) is 0 Å². The maximum Gasteiger partial charge on any atom is 0.0614 e. The Morgan fingerprint density at radius 2 is 2.17 bits per heavy atom. The molecular weight excluding hydrogens is 230 g/mol. The Morgan fingerprint density at radius 3 is 2.83 bits per heavy atom. The van der Waals surface area contributed by atoms with Crippen molar-refractivity contribution in [2.45, 2.75) is 56.2 Å². The Hall–Kier alpha value is -0.160. The Morgan fingerprint density at radius 1 is 1.28 bits per heavy atom. The quantitative estimate of drug-likeness (QED) is 0.745. The normalized spacial score (nSPS) is 40.5. The molecular formula is C14H25NO3. The van der Waals surface area contributed by atoms with E-state index in [2.05, 4.69) is 5.32 Å². The van der Waals surface area contributed by atoms with Gasteiger partial charge in [-0.1, -0.05) is 0 Å². The average Bonchev–Trinajstić information content (AvgIpc) is 2.91. The summed E-state index contributed by atoms with van der Waals surface area (Å²) in [5, 5.41) is 13.3. The maximum atomic E-state index is 9.65. The fourth-order valence-corrected chi connectivity index (χ4v) is 3.19. The van der Waals surface area contributed by atoms with E-state index in [0.29, 0.717) is 18.1 Å². The number of hydrogen-bond acceptors (Lipinski definition) is 4. The summed E-state index contributed by atoms with van der Waals surface area (Å²) in [5.41, 5.74) is -0.0575. The second-order valence-corrected chi connectivity index (χ2v) is 6.28. The number of aliphatic hydroxyl groups excluding tert-OH is 1. The first-order valence-corrected chi connectivity index (χ1v) is 7.38. The molecule has 0 amide bonds. The van der Waals surface area contributed by atoms with Crippen LogP contribution in [0.25, 0.3) is 0 Å². The minimum atomic E-state index is -0.0575. The van der Waals surface area contributed by atoms with Crippen LogP contribution < -0.4 is 5.32 Å². The van der Waals surface area contributed by atoms with Crippen LogP contribution in [0.1, 0.15) is 38.5 Å². The molecule has 4 heteroatoms. The predicted molar refractivity (Wildman–Crippen MR) is 68.5 cm³/mol. The lowest BCUT2D eigenvalue weighted by atomic mass is 9.98. The molecule has 3 rings (SSSR count). The molecule has 104 valence electrons. The van der Waals surface area contributed by atoms with E-state index in [1.165, 1.54) is 12.8 Å². The highest BCUT2D eigenvalue weighted by atomic mass is 16.5. The zero-order chi connectivity index (χ0) is 12.4. The van der Waals surface area contributed by atoms with Crippen molar-refractivity contribution < 1.29 is 14.6 Å². The molecule has 18 heavy (non-hydrogen) atoms. The summed E-state index contributed by atoms with van der Waals surface area (Å²) < 4.78 is 11.4. The highest BCUT2D eigenvalue weighted by Crippen LogP contribution is 2.35. The van der Waals surface area contributed by atoms with Gasteiger partial charge in [0.25, 0.3) is 0 Å². The van der Waals surface area contributed by atoms with Gasteiger partial charge in [0.1, 0.15) is 0 Å². The summed E-state index contributed by atoms with van der Waals surface area (Å²) in [7, 11) is 0. The van der Waals surface area contributed by atoms with Gasteiger partial charge in [-0.2, -0.15) is 0 Å². The predicted octanol–water partition coefficient (Wildman–Crippen LogP) is 1.08. The first kappa shape index (κ1) is 12.9. The lowest BCUT2D eigenvalue weighted by Crippen LogP contribution is -2.48. The molecule has 0 aromatic carbocycles. The molecule has 1 aliphatic heterocycles. The largest absolute Gasteiger partial charge is 0.394 e. The first-order valence-electron chi connectivity index (χ1n) is 7.38. The molecule has 0 aromatic rings. The molecule has 2 saturated carbocycles. The van der Waals surface area contributed by atoms with E-state index < -0.39 is 0 Å². The SMILES string of the molecule is OCC1(NC2CC2)CCC(OCC2CCOC2)C1. The summed E-state index contributed by atoms with van der Waals surface area (Å²) in [4.78, 5) is 0. The van der Waals surface area contributed by atoms with Gasteiger partial charge in [-0.25, -0.2) is 0 Å². The summed E-state index contributed by atoms with van der Waals surface area (Å²) in [5.74, 6) is 0.588. The van der Waals surface area contributed by atoms with Crippen molar-refractivity contribution in [1.29, 1.82) is 0 Å². The molecule has 1 heterocycles. The van der Waals surface area contributed by atoms with Crippen molar-refractivity contribution in [2.75, 3.05) is 26.4 Å². The zero-order valence-corrected chi connectivity index (χ0v) is 11.1. The van der Waals surface area contributed by atoms with Crippen molar-refractivity contribution in [1.82, 2.24) is 5.32 Å². The minimum absolute atomic E-state index is 0.0575. The molecule has 4 nitrogen and oxygen atoms in total. The monoisotopic (exact) mass is 255 g/mol. The van der Waals surface area contributed by atoms with E-state index >= 15 is 0 Å². The van der Waals surface area contributed by atoms with Gasteiger partial charge in [-0.3, -0.25) is 0 Å². The summed E-state index contributed by atoms with van der Waals surface area (Å²) in [6, 6.07) is 0.652. The molecule has 0 radical (unpaired) electrons. The molecule has 3 aliphatic rings. The van der Waals surface area contributed by atoms with Gasteiger partial charge in [0.2, 0.25) is 0 Å². The van der Waals surface area contributed by atoms with Gasteiger partial charge in [-0.05, 0) is 38.5 Å². The van der Waals surface area contributed by atoms with Gasteiger partial charge < -0.3 is 19.9 Å². The first-order chi connectivity index (χ1) is 8.80. The summed E-state index contributed by atoms with van der Waals surface area (Å²) in [6.07, 6.45) is 7.09. The third-order valence-corrected chi connectivity index (χ3v) is 4.55. The fourth-order valence-electron chi connectivity index (χ4n) is 3.19. The molecule has 0 spiro atoms. The van der Waals surface area contributed by atoms with Gasteiger partial charge in [0.05, 0.1) is 25.9 Å². The van der Waals surface area contributed by atoms with E-state index in [9.17, 15) is 5.11 Å². The molecule has 0 bridgehead atoms. The van der Waals surface area contributed by atoms with Crippen LogP contribution in [-0.4, -0.2) is 49.2 Å². The number of hydrogen-bond donors (Lipinski definition) is 2. The minimum Gasteiger partial charge on any atom is -0.394 e. The standard InChI is InChI=1S/C14H25NO3/c16-10-14(15-12-1-2-12)5-3-13(7-14)18-9-11-4-6-17-8-11/h11-13,15-16H,1-10H2. The third kappa shape index (κ3) is 3.05. The van der Waals surface area contributed by atoms with Crippen LogP contribution in [0.3, 0.4) is 0 Å². The van der Waals surface area contributed by atoms with E-state index in [0.717, 1.165) is 45.5 Å². The second kappa shape index (κ2) is 5.45. The van der Waals surface area contributed by atoms with E-state index in [4.69, 9.17) is 9.47 Å². The number of rotatable bonds is 6. The Balaban J connectivity index is 1.44. The smallest absolute Gasteiger partial charge is 0.0614 e. The highest BCUT2D eigenvalue weighted by Gasteiger charge is 2.42. The molecule has 3 fully saturated rings. The van der Waals surface area contributed by atoms with Crippen LogP contribution in [0.5, 0.6) is 0 Å². The van der Waals surface area contributed by atoms with Crippen molar-refractivity contribution in [2.24, 2.45) is 5.92 Å². The molecule has 2 aliphatic carbocycles. The maximum absolute atomic E-state index is 9.65. The van der Waals surface area contributed by atoms with Crippen LogP contribution in [0.15, 0.2) is 0 Å². The Bertz CT molecular complexity index is 276. The van der Waals surface area contributed by atoms with Crippen LogP contribution in [-0.2, 0) is 9.47 Å². The van der Waals surface area contributed by atoms with Crippen molar-refractivity contribution in [3.63, 3.8) is 0 Å². The highest BCUT2D eigenvalue weighted by molar-refractivity contribution is 5.01. The average molecular weight is 255 g/mol. The Kier molecular flexibility index (Phi) is 3.89. The van der Waals surface area contributed by atoms with E-state index in [1.807, 2.05) is 0 Å². The lowest BCUT2D eigenvalue weighted by Gasteiger charge is -2.28. The van der Waals surface area contributed by atoms with E-state index in [-0.39, 0.29) is 12.1 Å². The molecule has 1 saturated heterocycles. The van der Waals surface area contributed by atoms with Gasteiger partial charge in [0, 0.05) is 24.1 Å². The van der Waals surface area contributed by atoms with E-state index in [1.54, 1.807) is 0 Å². The zero-order valence-electron chi connectivity index (χ0n) is 11.1.